The van der Waals surface area contributed by atoms with Crippen LogP contribution in [0.25, 0.3) is 5.78 Å². The van der Waals surface area contributed by atoms with Crippen LogP contribution in [-0.2, 0) is 17.8 Å². The average Bonchev–Trinajstić information content (AvgIpc) is 3.22. The smallest absolute Gasteiger partial charge is 0.253 e. The van der Waals surface area contributed by atoms with E-state index in [0.717, 1.165) is 34.7 Å². The first-order chi connectivity index (χ1) is 15.5. The molecule has 1 N–H and O–H groups in total. The molecule has 4 rings (SSSR count). The molecule has 1 aliphatic carbocycles. The van der Waals surface area contributed by atoms with E-state index in [4.69, 9.17) is 0 Å². The van der Waals surface area contributed by atoms with E-state index < -0.39 is 0 Å². The maximum Gasteiger partial charge on any atom is 0.253 e. The summed E-state index contributed by atoms with van der Waals surface area (Å²) in [5, 5.41) is 8.31. The molecule has 2 aromatic heterocycles. The highest BCUT2D eigenvalue weighted by molar-refractivity contribution is 7.98. The third-order valence-corrected chi connectivity index (χ3v) is 7.00. The molecule has 1 aromatic carbocycles. The van der Waals surface area contributed by atoms with Gasteiger partial charge in [0.1, 0.15) is 0 Å². The Morgan fingerprint density at radius 1 is 1.19 bits per heavy atom. The quantitative estimate of drug-likeness (QED) is 0.535. The van der Waals surface area contributed by atoms with Crippen LogP contribution in [0.2, 0.25) is 0 Å². The normalized spacial score (nSPS) is 14.9. The number of rotatable bonds is 7. The van der Waals surface area contributed by atoms with Crippen LogP contribution in [0.4, 0.5) is 5.69 Å². The van der Waals surface area contributed by atoms with Crippen molar-refractivity contribution in [2.24, 2.45) is 0 Å². The second-order valence-corrected chi connectivity index (χ2v) is 9.43. The summed E-state index contributed by atoms with van der Waals surface area (Å²) in [4.78, 5) is 24.4. The number of thioether (sulfide) groups is 1. The van der Waals surface area contributed by atoms with Crippen LogP contribution < -0.4 is 5.32 Å². The fraction of sp³-hybridized carbons (Fsp3) is 0.500. The summed E-state index contributed by atoms with van der Waals surface area (Å²) in [6, 6.07) is 8.75. The molecular formula is C24H32N6OS. The van der Waals surface area contributed by atoms with Crippen molar-refractivity contribution in [3.05, 3.63) is 46.8 Å². The third kappa shape index (κ3) is 4.96. The number of hydrogen-bond acceptors (Lipinski definition) is 6. The Kier molecular flexibility index (Phi) is 7.10. The number of benzene rings is 1. The predicted octanol–water partition coefficient (Wildman–Crippen LogP) is 4.41. The second-order valence-electron chi connectivity index (χ2n) is 8.66. The van der Waals surface area contributed by atoms with Crippen molar-refractivity contribution in [3.63, 3.8) is 0 Å². The number of carbonyl (C=O) groups excluding carboxylic acids is 1. The van der Waals surface area contributed by atoms with E-state index in [1.165, 1.54) is 43.9 Å². The molecule has 8 heteroatoms. The van der Waals surface area contributed by atoms with Gasteiger partial charge in [0.2, 0.25) is 11.1 Å². The lowest BCUT2D eigenvalue weighted by Crippen LogP contribution is -2.33. The van der Waals surface area contributed by atoms with Crippen molar-refractivity contribution in [1.82, 2.24) is 24.5 Å². The van der Waals surface area contributed by atoms with Crippen LogP contribution in [0, 0.1) is 13.8 Å². The number of aryl methyl sites for hydroxylation is 2. The van der Waals surface area contributed by atoms with E-state index in [-0.39, 0.29) is 12.3 Å². The Balaban J connectivity index is 1.49. The van der Waals surface area contributed by atoms with Gasteiger partial charge in [0.25, 0.3) is 5.78 Å². The summed E-state index contributed by atoms with van der Waals surface area (Å²) in [5.74, 6) is 0.528. The van der Waals surface area contributed by atoms with Crippen molar-refractivity contribution in [3.8, 4) is 0 Å². The summed E-state index contributed by atoms with van der Waals surface area (Å²) < 4.78 is 1.73. The lowest BCUT2D eigenvalue weighted by molar-refractivity contribution is -0.115. The molecule has 0 spiro atoms. The molecular weight excluding hydrogens is 420 g/mol. The molecule has 0 bridgehead atoms. The minimum absolute atomic E-state index is 0.0460. The Morgan fingerprint density at radius 3 is 2.69 bits per heavy atom. The Morgan fingerprint density at radius 2 is 1.94 bits per heavy atom. The molecule has 32 heavy (non-hydrogen) atoms. The van der Waals surface area contributed by atoms with Gasteiger partial charge in [-0.1, -0.05) is 49.2 Å². The summed E-state index contributed by atoms with van der Waals surface area (Å²) in [7, 11) is 2.20. The summed E-state index contributed by atoms with van der Waals surface area (Å²) >= 11 is 1.48. The molecule has 0 unspecified atom stereocenters. The van der Waals surface area contributed by atoms with Crippen LogP contribution in [0.15, 0.2) is 29.4 Å². The number of nitrogens with one attached hydrogen (secondary N) is 1. The van der Waals surface area contributed by atoms with Gasteiger partial charge in [0, 0.05) is 35.2 Å². The number of hydrogen-bond donors (Lipinski definition) is 1. The first-order valence-electron chi connectivity index (χ1n) is 11.3. The topological polar surface area (TPSA) is 75.4 Å². The maximum atomic E-state index is 13.0. The monoisotopic (exact) mass is 452 g/mol. The van der Waals surface area contributed by atoms with Crippen molar-refractivity contribution in [2.75, 3.05) is 18.6 Å². The van der Waals surface area contributed by atoms with Crippen molar-refractivity contribution >= 4 is 29.1 Å². The van der Waals surface area contributed by atoms with Crippen molar-refractivity contribution in [2.45, 2.75) is 70.1 Å². The average molecular weight is 453 g/mol. The summed E-state index contributed by atoms with van der Waals surface area (Å²) in [6.07, 6.45) is 8.70. The fourth-order valence-corrected chi connectivity index (χ4v) is 4.92. The Labute approximate surface area is 194 Å². The standard InChI is InChI=1S/C24H32N6OS/c1-16-20(17(2)30-23(25-16)27-24(28-30)32-4)14-22(31)26-21-13-9-8-10-18(21)15-29(3)19-11-6-5-7-12-19/h8-10,13,19H,5-7,11-12,14-15H2,1-4H3,(H,26,31). The molecule has 1 saturated carbocycles. The summed E-state index contributed by atoms with van der Waals surface area (Å²) in [6.45, 7) is 4.73. The van der Waals surface area contributed by atoms with Gasteiger partial charge in [-0.2, -0.15) is 4.98 Å². The number of carbonyl (C=O) groups is 1. The van der Waals surface area contributed by atoms with Gasteiger partial charge in [-0.15, -0.1) is 5.10 Å². The highest BCUT2D eigenvalue weighted by Crippen LogP contribution is 2.25. The highest BCUT2D eigenvalue weighted by Gasteiger charge is 2.20. The molecule has 0 saturated heterocycles. The van der Waals surface area contributed by atoms with Gasteiger partial charge in [0.05, 0.1) is 6.42 Å². The van der Waals surface area contributed by atoms with E-state index in [0.29, 0.717) is 17.0 Å². The molecule has 3 aromatic rings. The molecule has 0 aliphatic heterocycles. The molecule has 1 amide bonds. The number of para-hydroxylation sites is 1. The molecule has 0 atom stereocenters. The van der Waals surface area contributed by atoms with Crippen LogP contribution in [0.5, 0.6) is 0 Å². The predicted molar refractivity (Wildman–Crippen MR) is 129 cm³/mol. The molecule has 0 radical (unpaired) electrons. The second kappa shape index (κ2) is 10.0. The van der Waals surface area contributed by atoms with Gasteiger partial charge >= 0.3 is 0 Å². The van der Waals surface area contributed by atoms with Gasteiger partial charge in [-0.3, -0.25) is 9.69 Å². The van der Waals surface area contributed by atoms with Gasteiger partial charge in [-0.25, -0.2) is 9.50 Å². The molecule has 7 nitrogen and oxygen atoms in total. The third-order valence-electron chi connectivity index (χ3n) is 6.46. The van der Waals surface area contributed by atoms with E-state index in [2.05, 4.69) is 38.4 Å². The van der Waals surface area contributed by atoms with E-state index >= 15 is 0 Å². The van der Waals surface area contributed by atoms with Crippen LogP contribution in [0.3, 0.4) is 0 Å². The van der Waals surface area contributed by atoms with Gasteiger partial charge in [-0.05, 0) is 51.6 Å². The van der Waals surface area contributed by atoms with Gasteiger partial charge < -0.3 is 5.32 Å². The number of nitrogens with zero attached hydrogens (tertiary/aromatic N) is 5. The summed E-state index contributed by atoms with van der Waals surface area (Å²) in [5.41, 5.74) is 4.65. The minimum atomic E-state index is -0.0460. The minimum Gasteiger partial charge on any atom is -0.325 e. The molecule has 1 fully saturated rings. The first-order valence-corrected chi connectivity index (χ1v) is 12.5. The zero-order valence-corrected chi connectivity index (χ0v) is 20.2. The number of fused-ring (bicyclic) bond motifs is 1. The maximum absolute atomic E-state index is 13.0. The zero-order valence-electron chi connectivity index (χ0n) is 19.4. The van der Waals surface area contributed by atoms with E-state index in [1.807, 2.05) is 38.3 Å². The molecule has 170 valence electrons. The zero-order chi connectivity index (χ0) is 22.7. The van der Waals surface area contributed by atoms with E-state index in [1.54, 1.807) is 4.52 Å². The van der Waals surface area contributed by atoms with Crippen LogP contribution in [-0.4, -0.2) is 49.7 Å². The van der Waals surface area contributed by atoms with Crippen molar-refractivity contribution < 1.29 is 4.79 Å². The Hall–Kier alpha value is -2.45. The van der Waals surface area contributed by atoms with Crippen LogP contribution >= 0.6 is 11.8 Å². The number of aromatic nitrogens is 4. The largest absolute Gasteiger partial charge is 0.325 e. The lowest BCUT2D eigenvalue weighted by Gasteiger charge is -2.31. The number of anilines is 1. The lowest BCUT2D eigenvalue weighted by atomic mass is 9.94. The van der Waals surface area contributed by atoms with E-state index in [9.17, 15) is 4.79 Å². The van der Waals surface area contributed by atoms with Gasteiger partial charge in [0.15, 0.2) is 0 Å². The van der Waals surface area contributed by atoms with Crippen LogP contribution in [0.1, 0.15) is 54.6 Å². The Bertz CT molecular complexity index is 1110. The first kappa shape index (κ1) is 22.7. The van der Waals surface area contributed by atoms with Crippen molar-refractivity contribution in [1.29, 1.82) is 0 Å². The fourth-order valence-electron chi connectivity index (χ4n) is 4.59. The molecule has 1 aliphatic rings. The SMILES string of the molecule is CSc1nc2nc(C)c(CC(=O)Nc3ccccc3CN(C)C3CCCCC3)c(C)n2n1. The number of amides is 1. The molecule has 2 heterocycles. The highest BCUT2D eigenvalue weighted by atomic mass is 32.2.